The van der Waals surface area contributed by atoms with Crippen molar-refractivity contribution in [2.24, 2.45) is 0 Å². The zero-order valence-electron chi connectivity index (χ0n) is 15.5. The van der Waals surface area contributed by atoms with Crippen molar-refractivity contribution < 1.29 is 18.1 Å². The second-order valence-electron chi connectivity index (χ2n) is 6.23. The number of benzene rings is 3. The monoisotopic (exact) mass is 410 g/mol. The molecule has 148 valence electrons. The van der Waals surface area contributed by atoms with Gasteiger partial charge >= 0.3 is 0 Å². The van der Waals surface area contributed by atoms with Crippen LogP contribution in [0.3, 0.4) is 0 Å². The number of para-hydroxylation sites is 1. The van der Waals surface area contributed by atoms with E-state index in [2.05, 4.69) is 5.32 Å². The predicted molar refractivity (Wildman–Crippen MR) is 109 cm³/mol. The van der Waals surface area contributed by atoms with E-state index in [1.807, 2.05) is 19.1 Å². The third-order valence-corrected chi connectivity index (χ3v) is 6.25. The van der Waals surface area contributed by atoms with Crippen LogP contribution in [0.1, 0.15) is 22.8 Å². The Morgan fingerprint density at radius 1 is 0.931 bits per heavy atom. The molecule has 8 heteroatoms. The van der Waals surface area contributed by atoms with Gasteiger partial charge in [-0.2, -0.15) is 0 Å². The summed E-state index contributed by atoms with van der Waals surface area (Å²) >= 11 is 0. The number of hydrogen-bond acceptors (Lipinski definition) is 5. The summed E-state index contributed by atoms with van der Waals surface area (Å²) in [6.07, 6.45) is 0.852. The summed E-state index contributed by atoms with van der Waals surface area (Å²) in [4.78, 5) is 22.5. The van der Waals surface area contributed by atoms with E-state index in [1.165, 1.54) is 36.4 Å². The van der Waals surface area contributed by atoms with Gasteiger partial charge in [0.1, 0.15) is 4.90 Å². The van der Waals surface area contributed by atoms with E-state index >= 15 is 0 Å². The summed E-state index contributed by atoms with van der Waals surface area (Å²) in [5, 5.41) is 13.9. The largest absolute Gasteiger partial charge is 0.322 e. The van der Waals surface area contributed by atoms with Crippen LogP contribution in [-0.2, 0) is 16.3 Å². The molecule has 0 fully saturated rings. The van der Waals surface area contributed by atoms with Crippen molar-refractivity contribution in [3.8, 4) is 0 Å². The number of amides is 1. The summed E-state index contributed by atoms with van der Waals surface area (Å²) in [6.45, 7) is 2.01. The number of nitrogens with zero attached hydrogens (tertiary/aromatic N) is 1. The molecule has 3 aromatic carbocycles. The minimum absolute atomic E-state index is 0.0924. The minimum Gasteiger partial charge on any atom is -0.322 e. The van der Waals surface area contributed by atoms with Gasteiger partial charge in [0.2, 0.25) is 9.84 Å². The first-order valence-corrected chi connectivity index (χ1v) is 10.3. The molecule has 0 unspecified atom stereocenters. The summed E-state index contributed by atoms with van der Waals surface area (Å²) in [5.41, 5.74) is 0.982. The third-order valence-electron chi connectivity index (χ3n) is 4.39. The summed E-state index contributed by atoms with van der Waals surface area (Å²) in [5.74, 6) is -0.619. The van der Waals surface area contributed by atoms with Crippen molar-refractivity contribution in [3.05, 3.63) is 94.0 Å². The van der Waals surface area contributed by atoms with Crippen molar-refractivity contribution in [1.82, 2.24) is 0 Å². The number of aryl methyl sites for hydroxylation is 1. The molecule has 0 saturated carbocycles. The highest BCUT2D eigenvalue weighted by Gasteiger charge is 2.30. The molecule has 0 aromatic heterocycles. The molecule has 0 heterocycles. The lowest BCUT2D eigenvalue weighted by atomic mass is 10.1. The number of hydrogen-bond donors (Lipinski definition) is 1. The zero-order valence-corrected chi connectivity index (χ0v) is 16.3. The van der Waals surface area contributed by atoms with Gasteiger partial charge in [0.05, 0.1) is 15.4 Å². The zero-order chi connectivity index (χ0) is 21.0. The van der Waals surface area contributed by atoms with Crippen LogP contribution >= 0.6 is 0 Å². The van der Waals surface area contributed by atoms with Crippen LogP contribution in [0.15, 0.2) is 82.6 Å². The number of nitrogens with one attached hydrogen (secondary N) is 1. The predicted octanol–water partition coefficient (Wildman–Crippen LogP) is 4.24. The number of nitro benzene ring substituents is 1. The van der Waals surface area contributed by atoms with Gasteiger partial charge in [0.25, 0.3) is 11.6 Å². The van der Waals surface area contributed by atoms with Crippen LogP contribution in [0.5, 0.6) is 0 Å². The molecule has 0 radical (unpaired) electrons. The van der Waals surface area contributed by atoms with Crippen molar-refractivity contribution >= 4 is 27.1 Å². The summed E-state index contributed by atoms with van der Waals surface area (Å²) < 4.78 is 26.3. The number of carbonyl (C=O) groups excluding carboxylic acids is 1. The molecular weight excluding hydrogens is 392 g/mol. The first-order chi connectivity index (χ1) is 13.8. The maximum atomic E-state index is 13.1. The number of carbonyl (C=O) groups is 1. The molecule has 29 heavy (non-hydrogen) atoms. The fourth-order valence-corrected chi connectivity index (χ4v) is 4.48. The van der Waals surface area contributed by atoms with Gasteiger partial charge in [-0.05, 0) is 42.3 Å². The van der Waals surface area contributed by atoms with Crippen molar-refractivity contribution in [2.75, 3.05) is 5.32 Å². The first-order valence-electron chi connectivity index (χ1n) is 8.82. The van der Waals surface area contributed by atoms with E-state index < -0.39 is 31.3 Å². The Labute approximate surface area is 168 Å². The Morgan fingerprint density at radius 2 is 1.52 bits per heavy atom. The summed E-state index contributed by atoms with van der Waals surface area (Å²) in [6, 6.07) is 17.9. The van der Waals surface area contributed by atoms with E-state index in [4.69, 9.17) is 0 Å². The van der Waals surface area contributed by atoms with Gasteiger partial charge in [-0.3, -0.25) is 14.9 Å². The van der Waals surface area contributed by atoms with Crippen molar-refractivity contribution in [1.29, 1.82) is 0 Å². The smallest absolute Gasteiger partial charge is 0.288 e. The molecular formula is C21H18N2O5S. The van der Waals surface area contributed by atoms with Crippen molar-refractivity contribution in [2.45, 2.75) is 23.1 Å². The average Bonchev–Trinajstić information content (AvgIpc) is 2.74. The van der Waals surface area contributed by atoms with Crippen LogP contribution in [0.25, 0.3) is 0 Å². The molecule has 1 N–H and O–H groups in total. The minimum atomic E-state index is -4.30. The highest BCUT2D eigenvalue weighted by atomic mass is 32.2. The van der Waals surface area contributed by atoms with Gasteiger partial charge in [-0.25, -0.2) is 8.42 Å². The molecule has 0 spiro atoms. The normalized spacial score (nSPS) is 11.1. The van der Waals surface area contributed by atoms with Crippen molar-refractivity contribution in [3.63, 3.8) is 0 Å². The number of nitro groups is 1. The third kappa shape index (κ3) is 4.17. The molecule has 0 bridgehead atoms. The average molecular weight is 410 g/mol. The molecule has 0 saturated heterocycles. The lowest BCUT2D eigenvalue weighted by Gasteiger charge is -2.11. The van der Waals surface area contributed by atoms with Crippen LogP contribution < -0.4 is 5.32 Å². The Balaban J connectivity index is 2.02. The van der Waals surface area contributed by atoms with Crippen LogP contribution in [0, 0.1) is 10.1 Å². The standard InChI is InChI=1S/C21H18N2O5S/c1-2-15-11-13-16(14-12-15)22-21(24)17-7-3-5-9-19(17)29(27,28)20-10-6-4-8-18(20)23(25)26/h3-14H,2H2,1H3,(H,22,24). The van der Waals surface area contributed by atoms with Gasteiger partial charge in [-0.15, -0.1) is 0 Å². The van der Waals surface area contributed by atoms with Gasteiger partial charge < -0.3 is 5.32 Å². The Kier molecular flexibility index (Phi) is 5.74. The molecule has 0 aliphatic carbocycles. The van der Waals surface area contributed by atoms with E-state index in [0.29, 0.717) is 5.69 Å². The van der Waals surface area contributed by atoms with Gasteiger partial charge in [0, 0.05) is 11.8 Å². The van der Waals surface area contributed by atoms with E-state index in [0.717, 1.165) is 24.1 Å². The summed E-state index contributed by atoms with van der Waals surface area (Å²) in [7, 11) is -4.30. The topological polar surface area (TPSA) is 106 Å². The van der Waals surface area contributed by atoms with E-state index in [9.17, 15) is 23.3 Å². The molecule has 3 aromatic rings. The Hall–Kier alpha value is -3.52. The van der Waals surface area contributed by atoms with Crippen LogP contribution in [0.2, 0.25) is 0 Å². The highest BCUT2D eigenvalue weighted by molar-refractivity contribution is 7.91. The van der Waals surface area contributed by atoms with Gasteiger partial charge in [-0.1, -0.05) is 43.3 Å². The quantitative estimate of drug-likeness (QED) is 0.483. The first kappa shape index (κ1) is 20.2. The fraction of sp³-hybridized carbons (Fsp3) is 0.0952. The SMILES string of the molecule is CCc1ccc(NC(=O)c2ccccc2S(=O)(=O)c2ccccc2[N+](=O)[O-])cc1. The molecule has 0 aliphatic heterocycles. The Bertz CT molecular complexity index is 1170. The second-order valence-corrected chi connectivity index (χ2v) is 8.12. The number of sulfone groups is 1. The van der Waals surface area contributed by atoms with E-state index in [1.54, 1.807) is 12.1 Å². The fourth-order valence-electron chi connectivity index (χ4n) is 2.86. The second kappa shape index (κ2) is 8.24. The molecule has 0 aliphatic rings. The van der Waals surface area contributed by atoms with Crippen LogP contribution in [0.4, 0.5) is 11.4 Å². The molecule has 7 nitrogen and oxygen atoms in total. The lowest BCUT2D eigenvalue weighted by molar-refractivity contribution is -0.387. The lowest BCUT2D eigenvalue weighted by Crippen LogP contribution is -2.17. The maximum Gasteiger partial charge on any atom is 0.288 e. The molecule has 3 rings (SSSR count). The maximum absolute atomic E-state index is 13.1. The highest BCUT2D eigenvalue weighted by Crippen LogP contribution is 2.31. The molecule has 0 atom stereocenters. The van der Waals surface area contributed by atoms with Crippen LogP contribution in [-0.4, -0.2) is 19.2 Å². The Morgan fingerprint density at radius 3 is 2.14 bits per heavy atom. The number of rotatable bonds is 6. The number of anilines is 1. The van der Waals surface area contributed by atoms with Gasteiger partial charge in [0.15, 0.2) is 0 Å². The molecule has 1 amide bonds. The van der Waals surface area contributed by atoms with E-state index in [-0.39, 0.29) is 10.5 Å².